The first kappa shape index (κ1) is 14.1. The molecule has 0 spiro atoms. The van der Waals surface area contributed by atoms with Gasteiger partial charge in [-0.3, -0.25) is 4.79 Å². The van der Waals surface area contributed by atoms with Gasteiger partial charge in [-0.25, -0.2) is 0 Å². The number of H-pyrrole nitrogens is 1. The number of aromatic amines is 1. The van der Waals surface area contributed by atoms with Crippen molar-refractivity contribution in [3.05, 3.63) is 25.7 Å². The van der Waals surface area contributed by atoms with E-state index in [9.17, 15) is 31.1 Å². The zero-order chi connectivity index (χ0) is 13.4. The summed E-state index contributed by atoms with van der Waals surface area (Å²) in [6.45, 7) is 0. The minimum absolute atomic E-state index is 0.00803. The highest BCUT2D eigenvalue weighted by atomic mass is 127. The minimum atomic E-state index is -5.14. The molecule has 0 aromatic carbocycles. The molecule has 0 saturated carbocycles. The summed E-state index contributed by atoms with van der Waals surface area (Å²) in [7, 11) is 0. The molecule has 0 radical (unpaired) electrons. The maximum atomic E-state index is 12.2. The van der Waals surface area contributed by atoms with Crippen LogP contribution in [0.2, 0.25) is 0 Å². The fourth-order valence-corrected chi connectivity index (χ4v) is 1.41. The molecule has 1 heterocycles. The fraction of sp³-hybridized carbons (Fsp3) is 0.286. The molecule has 1 rings (SSSR count). The first-order chi connectivity index (χ1) is 7.50. The summed E-state index contributed by atoms with van der Waals surface area (Å²) in [6.07, 6.45) is -10.2. The molecule has 0 aliphatic rings. The maximum Gasteiger partial charge on any atom is 0.573 e. The van der Waals surface area contributed by atoms with Crippen molar-refractivity contribution in [3.63, 3.8) is 0 Å². The molecular weight excluding hydrogens is 371 g/mol. The first-order valence-electron chi connectivity index (χ1n) is 3.76. The number of alkyl halides is 6. The maximum absolute atomic E-state index is 12.2. The zero-order valence-electron chi connectivity index (χ0n) is 7.54. The molecule has 96 valence electrons. The van der Waals surface area contributed by atoms with Crippen molar-refractivity contribution in [1.29, 1.82) is 0 Å². The predicted molar refractivity (Wildman–Crippen MR) is 51.5 cm³/mol. The monoisotopic (exact) mass is 373 g/mol. The van der Waals surface area contributed by atoms with Crippen LogP contribution in [0.25, 0.3) is 0 Å². The van der Waals surface area contributed by atoms with Gasteiger partial charge in [-0.1, -0.05) is 0 Å². The SMILES string of the molecule is O=c1[nH]c(I)c(OC(F)(F)F)cc1C(F)(F)F. The second-order valence-corrected chi connectivity index (χ2v) is 3.81. The van der Waals surface area contributed by atoms with Gasteiger partial charge in [-0.15, -0.1) is 13.2 Å². The second-order valence-electron chi connectivity index (χ2n) is 2.74. The third kappa shape index (κ3) is 3.78. The van der Waals surface area contributed by atoms with E-state index < -0.39 is 33.1 Å². The lowest BCUT2D eigenvalue weighted by atomic mass is 10.2. The van der Waals surface area contributed by atoms with E-state index in [-0.39, 0.29) is 6.07 Å². The largest absolute Gasteiger partial charge is 0.573 e. The van der Waals surface area contributed by atoms with Crippen LogP contribution >= 0.6 is 22.6 Å². The summed E-state index contributed by atoms with van der Waals surface area (Å²) in [5.41, 5.74) is -3.28. The quantitative estimate of drug-likeness (QED) is 0.468. The first-order valence-corrected chi connectivity index (χ1v) is 4.84. The van der Waals surface area contributed by atoms with E-state index in [1.54, 1.807) is 4.98 Å². The van der Waals surface area contributed by atoms with Gasteiger partial charge < -0.3 is 9.72 Å². The Balaban J connectivity index is 3.30. The lowest BCUT2D eigenvalue weighted by Gasteiger charge is -2.12. The van der Waals surface area contributed by atoms with Gasteiger partial charge >= 0.3 is 12.5 Å². The Labute approximate surface area is 103 Å². The van der Waals surface area contributed by atoms with Gasteiger partial charge in [-0.2, -0.15) is 13.2 Å². The fourth-order valence-electron chi connectivity index (χ4n) is 0.898. The van der Waals surface area contributed by atoms with E-state index in [2.05, 4.69) is 4.74 Å². The van der Waals surface area contributed by atoms with Crippen LogP contribution in [-0.4, -0.2) is 11.3 Å². The van der Waals surface area contributed by atoms with E-state index >= 15 is 0 Å². The molecule has 1 N–H and O–H groups in total. The Morgan fingerprint density at radius 2 is 1.71 bits per heavy atom. The number of hydrogen-bond acceptors (Lipinski definition) is 2. The Kier molecular flexibility index (Phi) is 3.64. The highest BCUT2D eigenvalue weighted by Gasteiger charge is 2.37. The smallest absolute Gasteiger partial charge is 0.403 e. The molecule has 1 aromatic rings. The van der Waals surface area contributed by atoms with Crippen molar-refractivity contribution >= 4 is 22.6 Å². The average Bonchev–Trinajstić information content (AvgIpc) is 2.05. The Bertz CT molecular complexity index is 477. The lowest BCUT2D eigenvalue weighted by molar-refractivity contribution is -0.275. The molecule has 0 unspecified atom stereocenters. The average molecular weight is 373 g/mol. The predicted octanol–water partition coefficient (Wildman–Crippen LogP) is 2.90. The van der Waals surface area contributed by atoms with E-state index in [1.807, 2.05) is 0 Å². The highest BCUT2D eigenvalue weighted by Crippen LogP contribution is 2.32. The van der Waals surface area contributed by atoms with Crippen LogP contribution in [-0.2, 0) is 6.18 Å². The summed E-state index contributed by atoms with van der Waals surface area (Å²) in [4.78, 5) is 12.5. The van der Waals surface area contributed by atoms with Crippen molar-refractivity contribution < 1.29 is 31.1 Å². The van der Waals surface area contributed by atoms with Gasteiger partial charge in [0.2, 0.25) is 0 Å². The van der Waals surface area contributed by atoms with Crippen molar-refractivity contribution in [2.75, 3.05) is 0 Å². The summed E-state index contributed by atoms with van der Waals surface area (Å²) in [5.74, 6) is -1.11. The standard InChI is InChI=1S/C7H2F6INO2/c8-6(9,10)2-1-3(17-7(11,12)13)4(14)15-5(2)16/h1H,(H,15,16). The van der Waals surface area contributed by atoms with Gasteiger partial charge in [0, 0.05) is 6.07 Å². The van der Waals surface area contributed by atoms with Gasteiger partial charge in [0.1, 0.15) is 9.26 Å². The van der Waals surface area contributed by atoms with Crippen LogP contribution in [0.5, 0.6) is 5.75 Å². The number of nitrogens with one attached hydrogen (secondary N) is 1. The number of pyridine rings is 1. The summed E-state index contributed by atoms with van der Waals surface area (Å²) in [6, 6.07) is 0.00803. The van der Waals surface area contributed by atoms with Gasteiger partial charge in [0.05, 0.1) is 0 Å². The van der Waals surface area contributed by atoms with E-state index in [0.29, 0.717) is 0 Å². The molecule has 10 heteroatoms. The van der Waals surface area contributed by atoms with Crippen LogP contribution in [0.4, 0.5) is 26.3 Å². The third-order valence-corrected chi connectivity index (χ3v) is 2.29. The molecule has 17 heavy (non-hydrogen) atoms. The van der Waals surface area contributed by atoms with Gasteiger partial charge in [0.25, 0.3) is 5.56 Å². The van der Waals surface area contributed by atoms with E-state index in [1.165, 1.54) is 22.6 Å². The van der Waals surface area contributed by atoms with Crippen molar-refractivity contribution in [2.24, 2.45) is 0 Å². The number of hydrogen-bond donors (Lipinski definition) is 1. The molecule has 0 aliphatic carbocycles. The van der Waals surface area contributed by atoms with Crippen LogP contribution in [0.15, 0.2) is 10.9 Å². The lowest BCUT2D eigenvalue weighted by Crippen LogP contribution is -2.25. The summed E-state index contributed by atoms with van der Waals surface area (Å²) < 4.78 is 75.1. The zero-order valence-corrected chi connectivity index (χ0v) is 9.70. The molecular formula is C7H2F6INO2. The van der Waals surface area contributed by atoms with Crippen LogP contribution in [0.1, 0.15) is 5.56 Å². The van der Waals surface area contributed by atoms with Crippen LogP contribution in [0.3, 0.4) is 0 Å². The number of ether oxygens (including phenoxy) is 1. The second kappa shape index (κ2) is 4.38. The summed E-state index contributed by atoms with van der Waals surface area (Å²) >= 11 is 1.22. The van der Waals surface area contributed by atoms with Gasteiger partial charge in [-0.05, 0) is 22.6 Å². The number of aromatic nitrogens is 1. The third-order valence-electron chi connectivity index (χ3n) is 1.49. The Morgan fingerprint density at radius 3 is 2.12 bits per heavy atom. The van der Waals surface area contributed by atoms with Crippen LogP contribution < -0.4 is 10.3 Å². The number of rotatable bonds is 1. The van der Waals surface area contributed by atoms with Crippen molar-refractivity contribution in [2.45, 2.75) is 12.5 Å². The molecule has 3 nitrogen and oxygen atoms in total. The minimum Gasteiger partial charge on any atom is -0.403 e. The van der Waals surface area contributed by atoms with E-state index in [0.717, 1.165) is 0 Å². The topological polar surface area (TPSA) is 42.1 Å². The van der Waals surface area contributed by atoms with Gasteiger partial charge in [0.15, 0.2) is 5.75 Å². The molecule has 0 aliphatic heterocycles. The van der Waals surface area contributed by atoms with Crippen LogP contribution in [0, 0.1) is 3.70 Å². The molecule has 0 amide bonds. The van der Waals surface area contributed by atoms with E-state index in [4.69, 9.17) is 0 Å². The molecule has 0 fully saturated rings. The number of halogens is 7. The summed E-state index contributed by atoms with van der Waals surface area (Å²) in [5, 5.41) is 0. The highest BCUT2D eigenvalue weighted by molar-refractivity contribution is 14.1. The molecule has 0 atom stereocenters. The van der Waals surface area contributed by atoms with Crippen molar-refractivity contribution in [1.82, 2.24) is 4.98 Å². The molecule has 0 saturated heterocycles. The normalized spacial score (nSPS) is 12.6. The molecule has 1 aromatic heterocycles. The van der Waals surface area contributed by atoms with Crippen molar-refractivity contribution in [3.8, 4) is 5.75 Å². The Hall–Kier alpha value is -0.940. The molecule has 0 bridgehead atoms. The Morgan fingerprint density at radius 1 is 1.18 bits per heavy atom.